The summed E-state index contributed by atoms with van der Waals surface area (Å²) in [5.74, 6) is 0. The fourth-order valence-electron chi connectivity index (χ4n) is 1.63. The molecule has 0 unspecified atom stereocenters. The van der Waals surface area contributed by atoms with Gasteiger partial charge in [-0.05, 0) is 17.5 Å². The molecule has 0 radical (unpaired) electrons. The lowest BCUT2D eigenvalue weighted by molar-refractivity contribution is 0.838. The number of hydrogen-bond acceptors (Lipinski definition) is 3. The maximum atomic E-state index is 5.85. The summed E-state index contributed by atoms with van der Waals surface area (Å²) < 4.78 is 2.06. The molecule has 0 aliphatic rings. The van der Waals surface area contributed by atoms with Crippen LogP contribution in [0.5, 0.6) is 0 Å². The van der Waals surface area contributed by atoms with Crippen LogP contribution in [0.4, 0.5) is 0 Å². The molecule has 0 saturated carbocycles. The Labute approximate surface area is 101 Å². The van der Waals surface area contributed by atoms with Crippen molar-refractivity contribution in [2.24, 2.45) is 0 Å². The van der Waals surface area contributed by atoms with Crippen molar-refractivity contribution >= 4 is 34.1 Å². The lowest BCUT2D eigenvalue weighted by Crippen LogP contribution is -1.97. The van der Waals surface area contributed by atoms with Gasteiger partial charge in [0.15, 0.2) is 5.65 Å². The molecule has 0 spiro atoms. The van der Waals surface area contributed by atoms with Crippen LogP contribution in [0.25, 0.3) is 11.2 Å². The molecule has 3 aromatic rings. The van der Waals surface area contributed by atoms with E-state index in [0.29, 0.717) is 5.15 Å². The molecule has 0 amide bonds. The van der Waals surface area contributed by atoms with Gasteiger partial charge in [-0.1, -0.05) is 17.7 Å². The Morgan fingerprint density at radius 2 is 2.31 bits per heavy atom. The first-order valence-corrected chi connectivity index (χ1v) is 6.08. The molecule has 0 saturated heterocycles. The van der Waals surface area contributed by atoms with Crippen LogP contribution < -0.4 is 0 Å². The van der Waals surface area contributed by atoms with E-state index in [0.717, 1.165) is 17.7 Å². The first-order valence-electron chi connectivity index (χ1n) is 4.83. The van der Waals surface area contributed by atoms with Gasteiger partial charge in [0.1, 0.15) is 10.7 Å². The number of thiophene rings is 1. The normalized spacial score (nSPS) is 11.1. The van der Waals surface area contributed by atoms with E-state index in [4.69, 9.17) is 11.6 Å². The Hall–Kier alpha value is -1.39. The Balaban J connectivity index is 2.07. The van der Waals surface area contributed by atoms with Crippen LogP contribution in [0.1, 0.15) is 4.88 Å². The first-order chi connectivity index (χ1) is 7.83. The quantitative estimate of drug-likeness (QED) is 0.698. The van der Waals surface area contributed by atoms with E-state index in [-0.39, 0.29) is 0 Å². The van der Waals surface area contributed by atoms with Crippen LogP contribution in [0.3, 0.4) is 0 Å². The van der Waals surface area contributed by atoms with Crippen molar-refractivity contribution in [1.29, 1.82) is 0 Å². The van der Waals surface area contributed by atoms with Gasteiger partial charge >= 0.3 is 0 Å². The lowest BCUT2D eigenvalue weighted by atomic mass is 10.4. The predicted octanol–water partition coefficient (Wildman–Crippen LogP) is 3.19. The fraction of sp³-hybridized carbons (Fsp3) is 0.0909. The number of nitrogens with zero attached hydrogens (tertiary/aromatic N) is 3. The Morgan fingerprint density at radius 1 is 1.38 bits per heavy atom. The number of aromatic nitrogens is 3. The molecule has 3 rings (SSSR count). The summed E-state index contributed by atoms with van der Waals surface area (Å²) >= 11 is 7.58. The molecule has 3 heterocycles. The number of rotatable bonds is 2. The van der Waals surface area contributed by atoms with Crippen LogP contribution in [-0.2, 0) is 6.54 Å². The van der Waals surface area contributed by atoms with Crippen LogP contribution >= 0.6 is 22.9 Å². The Kier molecular flexibility index (Phi) is 2.38. The lowest BCUT2D eigenvalue weighted by Gasteiger charge is -2.01. The van der Waals surface area contributed by atoms with Crippen LogP contribution in [0.2, 0.25) is 5.15 Å². The fourth-order valence-corrected chi connectivity index (χ4v) is 2.46. The molecule has 80 valence electrons. The summed E-state index contributed by atoms with van der Waals surface area (Å²) in [5.41, 5.74) is 1.71. The molecule has 0 aliphatic carbocycles. The van der Waals surface area contributed by atoms with Gasteiger partial charge in [0.2, 0.25) is 0 Å². The largest absolute Gasteiger partial charge is 0.326 e. The molecule has 16 heavy (non-hydrogen) atoms. The zero-order chi connectivity index (χ0) is 11.0. The molecule has 3 aromatic heterocycles. The third kappa shape index (κ3) is 1.70. The summed E-state index contributed by atoms with van der Waals surface area (Å²) in [7, 11) is 0. The van der Waals surface area contributed by atoms with Crippen LogP contribution in [0.15, 0.2) is 36.0 Å². The highest BCUT2D eigenvalue weighted by Crippen LogP contribution is 2.17. The minimum Gasteiger partial charge on any atom is -0.326 e. The van der Waals surface area contributed by atoms with Gasteiger partial charge < -0.3 is 4.57 Å². The smallest absolute Gasteiger partial charge is 0.160 e. The van der Waals surface area contributed by atoms with Crippen molar-refractivity contribution in [2.45, 2.75) is 6.54 Å². The summed E-state index contributed by atoms with van der Waals surface area (Å²) in [6, 6.07) is 6.10. The van der Waals surface area contributed by atoms with Crippen molar-refractivity contribution < 1.29 is 0 Å². The van der Waals surface area contributed by atoms with E-state index in [9.17, 15) is 0 Å². The minimum absolute atomic E-state index is 0.429. The average Bonchev–Trinajstić information content (AvgIpc) is 2.90. The molecular weight excluding hydrogens is 242 g/mol. The molecule has 0 atom stereocenters. The number of fused-ring (bicyclic) bond motifs is 1. The van der Waals surface area contributed by atoms with Gasteiger partial charge in [0.25, 0.3) is 0 Å². The molecule has 0 aliphatic heterocycles. The van der Waals surface area contributed by atoms with E-state index in [1.54, 1.807) is 17.5 Å². The van der Waals surface area contributed by atoms with E-state index in [1.165, 1.54) is 4.88 Å². The summed E-state index contributed by atoms with van der Waals surface area (Å²) in [4.78, 5) is 9.80. The highest BCUT2D eigenvalue weighted by molar-refractivity contribution is 7.09. The van der Waals surface area contributed by atoms with Crippen molar-refractivity contribution in [2.75, 3.05) is 0 Å². The second kappa shape index (κ2) is 3.88. The topological polar surface area (TPSA) is 30.7 Å². The summed E-state index contributed by atoms with van der Waals surface area (Å²) in [5, 5.41) is 2.50. The molecule has 0 aromatic carbocycles. The van der Waals surface area contributed by atoms with Gasteiger partial charge in [-0.3, -0.25) is 0 Å². The third-order valence-corrected chi connectivity index (χ3v) is 3.39. The molecule has 0 bridgehead atoms. The molecule has 0 N–H and O–H groups in total. The van der Waals surface area contributed by atoms with Gasteiger partial charge in [-0.15, -0.1) is 11.3 Å². The maximum Gasteiger partial charge on any atom is 0.160 e. The number of halogens is 1. The Morgan fingerprint density at radius 3 is 3.12 bits per heavy atom. The molecule has 3 nitrogen and oxygen atoms in total. The standard InChI is InChI=1S/C11H8ClN3S/c12-10-6-13-9-3-4-15(11(9)14-10)7-8-2-1-5-16-8/h1-6H,7H2. The van der Waals surface area contributed by atoms with E-state index >= 15 is 0 Å². The number of hydrogen-bond donors (Lipinski definition) is 0. The maximum absolute atomic E-state index is 5.85. The molecular formula is C11H8ClN3S. The Bertz CT molecular complexity index is 615. The predicted molar refractivity (Wildman–Crippen MR) is 66.0 cm³/mol. The molecule has 5 heteroatoms. The third-order valence-electron chi connectivity index (χ3n) is 2.34. The zero-order valence-corrected chi connectivity index (χ0v) is 9.87. The second-order valence-electron chi connectivity index (χ2n) is 3.42. The monoisotopic (exact) mass is 249 g/mol. The van der Waals surface area contributed by atoms with E-state index in [1.807, 2.05) is 18.3 Å². The first kappa shape index (κ1) is 9.81. The van der Waals surface area contributed by atoms with Gasteiger partial charge in [0, 0.05) is 11.1 Å². The van der Waals surface area contributed by atoms with Gasteiger partial charge in [-0.25, -0.2) is 9.97 Å². The van der Waals surface area contributed by atoms with Crippen LogP contribution in [0, 0.1) is 0 Å². The van der Waals surface area contributed by atoms with E-state index in [2.05, 4.69) is 26.0 Å². The van der Waals surface area contributed by atoms with Crippen LogP contribution in [-0.4, -0.2) is 14.5 Å². The van der Waals surface area contributed by atoms with Gasteiger partial charge in [-0.2, -0.15) is 0 Å². The summed E-state index contributed by atoms with van der Waals surface area (Å²) in [6.07, 6.45) is 3.56. The molecule has 0 fully saturated rings. The minimum atomic E-state index is 0.429. The van der Waals surface area contributed by atoms with Gasteiger partial charge in [0.05, 0.1) is 12.7 Å². The van der Waals surface area contributed by atoms with Crippen molar-refractivity contribution in [3.8, 4) is 0 Å². The second-order valence-corrected chi connectivity index (χ2v) is 4.84. The average molecular weight is 250 g/mol. The summed E-state index contributed by atoms with van der Waals surface area (Å²) in [6.45, 7) is 0.816. The van der Waals surface area contributed by atoms with E-state index < -0.39 is 0 Å². The SMILES string of the molecule is Clc1cnc2ccn(Cc3cccs3)c2n1. The van der Waals surface area contributed by atoms with Crippen molar-refractivity contribution in [3.63, 3.8) is 0 Å². The highest BCUT2D eigenvalue weighted by atomic mass is 35.5. The zero-order valence-electron chi connectivity index (χ0n) is 8.30. The van der Waals surface area contributed by atoms with Crippen molar-refractivity contribution in [3.05, 3.63) is 46.0 Å². The van der Waals surface area contributed by atoms with Crippen molar-refractivity contribution in [1.82, 2.24) is 14.5 Å². The highest BCUT2D eigenvalue weighted by Gasteiger charge is 2.05.